The average Bonchev–Trinajstić information content (AvgIpc) is 2.91. The molecule has 0 fully saturated rings. The molecule has 3 rings (SSSR count). The van der Waals surface area contributed by atoms with E-state index in [2.05, 4.69) is 10.3 Å². The molecule has 13 heteroatoms. The zero-order valence-corrected chi connectivity index (χ0v) is 22.2. The van der Waals surface area contributed by atoms with Gasteiger partial charge in [-0.3, -0.25) is 9.59 Å². The maximum absolute atomic E-state index is 13.1. The van der Waals surface area contributed by atoms with E-state index < -0.39 is 23.7 Å². The van der Waals surface area contributed by atoms with Crippen LogP contribution >= 0.6 is 0 Å². The Morgan fingerprint density at radius 1 is 1.05 bits per heavy atom. The highest BCUT2D eigenvalue weighted by Gasteiger charge is 2.31. The Bertz CT molecular complexity index is 1290. The number of ether oxygens (including phenoxy) is 3. The molecule has 40 heavy (non-hydrogen) atoms. The van der Waals surface area contributed by atoms with Crippen molar-refractivity contribution in [2.24, 2.45) is 5.73 Å². The molecule has 0 aliphatic carbocycles. The van der Waals surface area contributed by atoms with Crippen LogP contribution in [0, 0.1) is 0 Å². The third-order valence-electron chi connectivity index (χ3n) is 5.47. The van der Waals surface area contributed by atoms with Crippen LogP contribution < -0.4 is 25.3 Å². The van der Waals surface area contributed by atoms with E-state index in [1.807, 2.05) is 6.92 Å². The summed E-state index contributed by atoms with van der Waals surface area (Å²) in [5, 5.41) is 19.8. The summed E-state index contributed by atoms with van der Waals surface area (Å²) in [6.07, 6.45) is -3.36. The first-order valence-corrected chi connectivity index (χ1v) is 12.2. The van der Waals surface area contributed by atoms with E-state index in [1.54, 1.807) is 18.2 Å². The number of methoxy groups -OCH3 is 2. The van der Waals surface area contributed by atoms with Gasteiger partial charge in [0.05, 0.1) is 38.3 Å². The second-order valence-corrected chi connectivity index (χ2v) is 8.60. The number of carbonyl (C=O) groups is 2. The van der Waals surface area contributed by atoms with E-state index >= 15 is 0 Å². The van der Waals surface area contributed by atoms with Crippen LogP contribution in [0.25, 0.3) is 10.9 Å². The van der Waals surface area contributed by atoms with Crippen LogP contribution in [0.4, 0.5) is 18.9 Å². The summed E-state index contributed by atoms with van der Waals surface area (Å²) in [6.45, 7) is 2.62. The molecule has 3 aromatic rings. The van der Waals surface area contributed by atoms with Gasteiger partial charge < -0.3 is 35.5 Å². The zero-order valence-electron chi connectivity index (χ0n) is 22.2. The van der Waals surface area contributed by atoms with Gasteiger partial charge in [0.25, 0.3) is 0 Å². The van der Waals surface area contributed by atoms with Crippen molar-refractivity contribution in [1.82, 2.24) is 4.98 Å². The first-order chi connectivity index (χ1) is 18.9. The Kier molecular flexibility index (Phi) is 11.8. The lowest BCUT2D eigenvalue weighted by molar-refractivity contribution is -0.143. The molecule has 2 aromatic carbocycles. The topological polar surface area (TPSA) is 153 Å². The number of hydrogen-bond acceptors (Lipinski definition) is 8. The lowest BCUT2D eigenvalue weighted by Crippen LogP contribution is -2.17. The summed E-state index contributed by atoms with van der Waals surface area (Å²) in [7, 11) is 2.98. The predicted octanol–water partition coefficient (Wildman–Crippen LogP) is 5.54. The average molecular weight is 568 g/mol. The Balaban J connectivity index is 0.000000611. The molecule has 0 spiro atoms. The van der Waals surface area contributed by atoms with Crippen molar-refractivity contribution in [1.29, 1.82) is 0 Å². The quantitative estimate of drug-likeness (QED) is 0.219. The lowest BCUT2D eigenvalue weighted by atomic mass is 10.1. The van der Waals surface area contributed by atoms with E-state index in [1.165, 1.54) is 26.4 Å². The SMILES string of the molecule is COc1ccc2c(Oc3cccc(C(F)(F)F)c3)c(OC)cc(NC(C)CCCN)c2n1.O=C(O)CCC(=O)O. The van der Waals surface area contributed by atoms with E-state index in [-0.39, 0.29) is 30.4 Å². The van der Waals surface area contributed by atoms with E-state index in [9.17, 15) is 22.8 Å². The number of anilines is 1. The molecule has 1 unspecified atom stereocenters. The van der Waals surface area contributed by atoms with E-state index in [0.29, 0.717) is 34.8 Å². The maximum Gasteiger partial charge on any atom is 0.416 e. The normalized spacial score (nSPS) is 11.7. The number of hydrogen-bond donors (Lipinski definition) is 4. The fourth-order valence-corrected chi connectivity index (χ4v) is 3.54. The third-order valence-corrected chi connectivity index (χ3v) is 5.47. The van der Waals surface area contributed by atoms with Crippen molar-refractivity contribution in [2.75, 3.05) is 26.1 Å². The molecule has 0 radical (unpaired) electrons. The van der Waals surface area contributed by atoms with Crippen LogP contribution in [0.1, 0.15) is 38.2 Å². The minimum absolute atomic E-state index is 0.0345. The number of benzene rings is 2. The smallest absolute Gasteiger partial charge is 0.416 e. The number of carboxylic acid groups (broad SMARTS) is 2. The number of pyridine rings is 1. The summed E-state index contributed by atoms with van der Waals surface area (Å²) < 4.78 is 56.1. The molecule has 1 atom stereocenters. The summed E-state index contributed by atoms with van der Waals surface area (Å²) in [6, 6.07) is 9.91. The minimum Gasteiger partial charge on any atom is -0.493 e. The molecule has 0 saturated carbocycles. The molecule has 0 saturated heterocycles. The fraction of sp³-hybridized carbons (Fsp3) is 0.370. The van der Waals surface area contributed by atoms with Crippen LogP contribution in [-0.2, 0) is 15.8 Å². The highest BCUT2D eigenvalue weighted by atomic mass is 19.4. The zero-order chi connectivity index (χ0) is 29.9. The van der Waals surface area contributed by atoms with Gasteiger partial charge in [-0.1, -0.05) is 6.07 Å². The van der Waals surface area contributed by atoms with Gasteiger partial charge >= 0.3 is 18.1 Å². The minimum atomic E-state index is -4.48. The molecular weight excluding hydrogens is 535 g/mol. The van der Waals surface area contributed by atoms with Crippen LogP contribution in [0.3, 0.4) is 0 Å². The van der Waals surface area contributed by atoms with Crippen molar-refractivity contribution in [3.8, 4) is 23.1 Å². The first kappa shape index (κ1) is 32.0. The summed E-state index contributed by atoms with van der Waals surface area (Å²) in [5.41, 5.74) is 6.05. The summed E-state index contributed by atoms with van der Waals surface area (Å²) in [4.78, 5) is 23.8. The predicted molar refractivity (Wildman–Crippen MR) is 142 cm³/mol. The second kappa shape index (κ2) is 14.8. The van der Waals surface area contributed by atoms with Crippen LogP contribution in [-0.4, -0.2) is 53.9 Å². The third kappa shape index (κ3) is 9.49. The highest BCUT2D eigenvalue weighted by molar-refractivity contribution is 5.98. The van der Waals surface area contributed by atoms with E-state index in [4.69, 9.17) is 30.2 Å². The summed E-state index contributed by atoms with van der Waals surface area (Å²) in [5.74, 6) is -1.11. The molecule has 1 heterocycles. The highest BCUT2D eigenvalue weighted by Crippen LogP contribution is 2.43. The maximum atomic E-state index is 13.1. The van der Waals surface area contributed by atoms with Gasteiger partial charge in [0.15, 0.2) is 11.5 Å². The van der Waals surface area contributed by atoms with Gasteiger partial charge in [0.1, 0.15) is 11.3 Å². The Morgan fingerprint density at radius 3 is 2.27 bits per heavy atom. The van der Waals surface area contributed by atoms with E-state index in [0.717, 1.165) is 25.0 Å². The Labute approximate surface area is 228 Å². The van der Waals surface area contributed by atoms with Crippen molar-refractivity contribution in [2.45, 2.75) is 44.8 Å². The van der Waals surface area contributed by atoms with Crippen molar-refractivity contribution in [3.63, 3.8) is 0 Å². The molecular formula is C27H32F3N3O7. The molecule has 0 bridgehead atoms. The number of halogens is 3. The Morgan fingerprint density at radius 2 is 1.73 bits per heavy atom. The number of fused-ring (bicyclic) bond motifs is 1. The number of aromatic nitrogens is 1. The van der Waals surface area contributed by atoms with Crippen LogP contribution in [0.15, 0.2) is 42.5 Å². The molecule has 218 valence electrons. The van der Waals surface area contributed by atoms with Gasteiger partial charge in [-0.05, 0) is 50.6 Å². The van der Waals surface area contributed by atoms with Crippen LogP contribution in [0.5, 0.6) is 23.1 Å². The van der Waals surface area contributed by atoms with Gasteiger partial charge in [-0.15, -0.1) is 0 Å². The number of alkyl halides is 3. The number of nitrogens with two attached hydrogens (primary N) is 1. The lowest BCUT2D eigenvalue weighted by Gasteiger charge is -2.20. The number of aliphatic carboxylic acids is 2. The largest absolute Gasteiger partial charge is 0.493 e. The second-order valence-electron chi connectivity index (χ2n) is 8.60. The van der Waals surface area contributed by atoms with Gasteiger partial charge in [0, 0.05) is 23.6 Å². The molecule has 1 aromatic heterocycles. The molecule has 0 aliphatic heterocycles. The standard InChI is InChI=1S/C23H26F3N3O3.C4H6O4/c1-14(6-5-11-27)28-18-13-19(30-2)22(17-9-10-20(31-3)29-21(17)18)32-16-8-4-7-15(12-16)23(24,25)26;5-3(6)1-2-4(7)8/h4,7-10,12-14,28H,5-6,11,27H2,1-3H3;1-2H2,(H,5,6)(H,7,8). The van der Waals surface area contributed by atoms with Gasteiger partial charge in [-0.25, -0.2) is 4.98 Å². The molecule has 0 aliphatic rings. The molecule has 0 amide bonds. The monoisotopic (exact) mass is 567 g/mol. The van der Waals surface area contributed by atoms with Gasteiger partial charge in [0.2, 0.25) is 5.88 Å². The fourth-order valence-electron chi connectivity index (χ4n) is 3.54. The van der Waals surface area contributed by atoms with Crippen LogP contribution in [0.2, 0.25) is 0 Å². The van der Waals surface area contributed by atoms with Crippen molar-refractivity contribution in [3.05, 3.63) is 48.0 Å². The summed E-state index contributed by atoms with van der Waals surface area (Å²) >= 11 is 0. The molecule has 10 nitrogen and oxygen atoms in total. The Hall–Kier alpha value is -4.26. The van der Waals surface area contributed by atoms with Crippen molar-refractivity contribution >= 4 is 28.5 Å². The number of rotatable bonds is 12. The molecule has 5 N–H and O–H groups in total. The van der Waals surface area contributed by atoms with Crippen molar-refractivity contribution < 1.29 is 47.2 Å². The first-order valence-electron chi connectivity index (χ1n) is 12.2. The van der Waals surface area contributed by atoms with Gasteiger partial charge in [-0.2, -0.15) is 13.2 Å². The number of nitrogens with one attached hydrogen (secondary N) is 1. The number of carboxylic acids is 2. The number of nitrogens with zero attached hydrogens (tertiary/aromatic N) is 1.